The van der Waals surface area contributed by atoms with E-state index >= 15 is 0 Å². The lowest BCUT2D eigenvalue weighted by Crippen LogP contribution is -2.29. The van der Waals surface area contributed by atoms with Gasteiger partial charge in [0.1, 0.15) is 0 Å². The molecule has 0 amide bonds. The van der Waals surface area contributed by atoms with Gasteiger partial charge in [-0.3, -0.25) is 0 Å². The van der Waals surface area contributed by atoms with Gasteiger partial charge in [-0.2, -0.15) is 0 Å². The monoisotopic (exact) mass is 227 g/mol. The lowest BCUT2D eigenvalue weighted by Gasteiger charge is -2.39. The summed E-state index contributed by atoms with van der Waals surface area (Å²) in [5.41, 5.74) is 0.877. The largest absolute Gasteiger partial charge is 0.315 e. The zero-order valence-corrected chi connectivity index (χ0v) is 12.6. The van der Waals surface area contributed by atoms with Gasteiger partial charge in [0.05, 0.1) is 0 Å². The third-order valence-electron chi connectivity index (χ3n) is 4.06. The van der Waals surface area contributed by atoms with Gasteiger partial charge in [-0.25, -0.2) is 0 Å². The fraction of sp³-hybridized carbons (Fsp3) is 1.00. The minimum Gasteiger partial charge on any atom is -0.315 e. The van der Waals surface area contributed by atoms with Crippen molar-refractivity contribution in [2.45, 2.75) is 80.2 Å². The second-order valence-corrected chi connectivity index (χ2v) is 7.05. The highest BCUT2D eigenvalue weighted by Gasteiger charge is 2.31. The van der Waals surface area contributed by atoms with Gasteiger partial charge in [0.2, 0.25) is 0 Å². The van der Waals surface area contributed by atoms with Crippen LogP contribution in [0.5, 0.6) is 0 Å². The molecule has 1 nitrogen and oxygen atoms in total. The van der Waals surface area contributed by atoms with Crippen molar-refractivity contribution in [3.63, 3.8) is 0 Å². The van der Waals surface area contributed by atoms with E-state index in [1.165, 1.54) is 32.2 Å². The van der Waals surface area contributed by atoms with E-state index in [-0.39, 0.29) is 0 Å². The van der Waals surface area contributed by atoms with Crippen molar-refractivity contribution in [3.05, 3.63) is 0 Å². The Morgan fingerprint density at radius 1 is 0.875 bits per heavy atom. The summed E-state index contributed by atoms with van der Waals surface area (Å²) >= 11 is 0. The summed E-state index contributed by atoms with van der Waals surface area (Å²) in [7, 11) is 0. The summed E-state index contributed by atoms with van der Waals surface area (Å²) in [6.45, 7) is 17.5. The Morgan fingerprint density at radius 2 is 1.44 bits per heavy atom. The van der Waals surface area contributed by atoms with Gasteiger partial charge in [-0.1, -0.05) is 61.3 Å². The number of hydrogen-bond donors (Lipinski definition) is 1. The van der Waals surface area contributed by atoms with E-state index in [0.29, 0.717) is 16.9 Å². The highest BCUT2D eigenvalue weighted by molar-refractivity contribution is 4.82. The van der Waals surface area contributed by atoms with Gasteiger partial charge >= 0.3 is 0 Å². The van der Waals surface area contributed by atoms with Crippen LogP contribution in [0.15, 0.2) is 0 Å². The minimum atomic E-state index is 0.420. The van der Waals surface area contributed by atoms with Crippen molar-refractivity contribution in [2.24, 2.45) is 10.8 Å². The maximum absolute atomic E-state index is 3.47. The van der Waals surface area contributed by atoms with E-state index in [9.17, 15) is 0 Å². The summed E-state index contributed by atoms with van der Waals surface area (Å²) in [5, 5.41) is 3.47. The maximum atomic E-state index is 3.47. The van der Waals surface area contributed by atoms with Crippen LogP contribution in [-0.4, -0.2) is 12.6 Å². The molecule has 0 saturated carbocycles. The first-order chi connectivity index (χ1) is 7.17. The molecule has 0 fully saturated rings. The van der Waals surface area contributed by atoms with Crippen LogP contribution < -0.4 is 5.32 Å². The lowest BCUT2D eigenvalue weighted by molar-refractivity contribution is 0.115. The number of unbranched alkanes of at least 4 members (excludes halogenated alkanes) is 2. The summed E-state index contributed by atoms with van der Waals surface area (Å²) in [5.74, 6) is 0. The van der Waals surface area contributed by atoms with Crippen molar-refractivity contribution in [2.75, 3.05) is 6.54 Å². The van der Waals surface area contributed by atoms with Gasteiger partial charge in [0.25, 0.3) is 0 Å². The van der Waals surface area contributed by atoms with Crippen molar-refractivity contribution in [1.29, 1.82) is 0 Å². The topological polar surface area (TPSA) is 12.0 Å². The Hall–Kier alpha value is -0.0400. The molecule has 98 valence electrons. The smallest absolute Gasteiger partial charge is 0.00103 e. The average Bonchev–Trinajstić information content (AvgIpc) is 2.08. The molecule has 0 aliphatic rings. The first kappa shape index (κ1) is 16.0. The van der Waals surface area contributed by atoms with Crippen molar-refractivity contribution >= 4 is 0 Å². The van der Waals surface area contributed by atoms with Crippen LogP contribution in [0.25, 0.3) is 0 Å². The van der Waals surface area contributed by atoms with Crippen LogP contribution in [0.3, 0.4) is 0 Å². The molecule has 16 heavy (non-hydrogen) atoms. The lowest BCUT2D eigenvalue weighted by atomic mass is 9.67. The first-order valence-corrected chi connectivity index (χ1v) is 6.90. The van der Waals surface area contributed by atoms with Crippen LogP contribution in [-0.2, 0) is 0 Å². The van der Waals surface area contributed by atoms with Gasteiger partial charge in [-0.05, 0) is 30.2 Å². The minimum absolute atomic E-state index is 0.420. The number of nitrogens with one attached hydrogen (secondary N) is 1. The Kier molecular flexibility index (Phi) is 6.62. The number of rotatable bonds is 7. The molecule has 1 heteroatoms. The summed E-state index contributed by atoms with van der Waals surface area (Å²) in [4.78, 5) is 0. The van der Waals surface area contributed by atoms with Gasteiger partial charge in [0.15, 0.2) is 0 Å². The predicted molar refractivity (Wildman–Crippen MR) is 74.8 cm³/mol. The predicted octanol–water partition coefficient (Wildman–Crippen LogP) is 4.62. The highest BCUT2D eigenvalue weighted by atomic mass is 14.9. The standard InChI is InChI=1S/C15H33N/c1-13(2)16-12-10-8-9-11-15(6,7)14(3,4)5/h13,16H,8-12H2,1-7H3. The molecule has 0 saturated heterocycles. The Morgan fingerprint density at radius 3 is 1.88 bits per heavy atom. The van der Waals surface area contributed by atoms with Gasteiger partial charge in [-0.15, -0.1) is 0 Å². The van der Waals surface area contributed by atoms with Crippen molar-refractivity contribution < 1.29 is 0 Å². The normalized spacial score (nSPS) is 13.5. The molecule has 0 aromatic heterocycles. The van der Waals surface area contributed by atoms with E-state index in [1.54, 1.807) is 0 Å². The Labute approximate surface area is 103 Å². The molecule has 0 radical (unpaired) electrons. The van der Waals surface area contributed by atoms with Crippen LogP contribution in [0.2, 0.25) is 0 Å². The van der Waals surface area contributed by atoms with Crippen molar-refractivity contribution in [1.82, 2.24) is 5.32 Å². The zero-order chi connectivity index (χ0) is 12.8. The first-order valence-electron chi connectivity index (χ1n) is 6.90. The Bertz CT molecular complexity index is 174. The highest BCUT2D eigenvalue weighted by Crippen LogP contribution is 2.41. The second-order valence-electron chi connectivity index (χ2n) is 7.05. The second kappa shape index (κ2) is 6.64. The molecule has 0 spiro atoms. The summed E-state index contributed by atoms with van der Waals surface area (Å²) < 4.78 is 0. The number of hydrogen-bond acceptors (Lipinski definition) is 1. The zero-order valence-electron chi connectivity index (χ0n) is 12.6. The average molecular weight is 227 g/mol. The van der Waals surface area contributed by atoms with Crippen LogP contribution >= 0.6 is 0 Å². The quantitative estimate of drug-likeness (QED) is 0.626. The van der Waals surface area contributed by atoms with E-state index < -0.39 is 0 Å². The third-order valence-corrected chi connectivity index (χ3v) is 4.06. The molecular formula is C15H33N. The molecule has 1 N–H and O–H groups in total. The molecule has 0 unspecified atom stereocenters. The SMILES string of the molecule is CC(C)NCCCCCC(C)(C)C(C)(C)C. The summed E-state index contributed by atoms with van der Waals surface area (Å²) in [6, 6.07) is 0.631. The maximum Gasteiger partial charge on any atom is 0.00103 e. The van der Waals surface area contributed by atoms with E-state index in [1.807, 2.05) is 0 Å². The Balaban J connectivity index is 3.59. The van der Waals surface area contributed by atoms with Crippen molar-refractivity contribution in [3.8, 4) is 0 Å². The fourth-order valence-corrected chi connectivity index (χ4v) is 1.63. The van der Waals surface area contributed by atoms with Crippen LogP contribution in [0.4, 0.5) is 0 Å². The molecule has 0 heterocycles. The molecule has 0 bridgehead atoms. The van der Waals surface area contributed by atoms with E-state index in [4.69, 9.17) is 0 Å². The van der Waals surface area contributed by atoms with Gasteiger partial charge in [0, 0.05) is 6.04 Å². The van der Waals surface area contributed by atoms with E-state index in [2.05, 4.69) is 53.8 Å². The van der Waals surface area contributed by atoms with Gasteiger partial charge < -0.3 is 5.32 Å². The molecule has 0 aliphatic carbocycles. The molecule has 0 atom stereocenters. The van der Waals surface area contributed by atoms with Crippen LogP contribution in [0.1, 0.15) is 74.1 Å². The third kappa shape index (κ3) is 6.52. The summed E-state index contributed by atoms with van der Waals surface area (Å²) in [6.07, 6.45) is 5.39. The van der Waals surface area contributed by atoms with Crippen LogP contribution in [0, 0.1) is 10.8 Å². The molecular weight excluding hydrogens is 194 g/mol. The van der Waals surface area contributed by atoms with E-state index in [0.717, 1.165) is 0 Å². The fourth-order valence-electron chi connectivity index (χ4n) is 1.63. The molecule has 0 aromatic carbocycles. The molecule has 0 aliphatic heterocycles. The molecule has 0 rings (SSSR count). The molecule has 0 aromatic rings.